The molecule has 236 valence electrons. The maximum atomic E-state index is 14.4. The molecule has 1 saturated carbocycles. The van der Waals surface area contributed by atoms with Crippen molar-refractivity contribution in [3.05, 3.63) is 112 Å². The second-order valence-electron chi connectivity index (χ2n) is 11.6. The number of hydrogen-bond donors (Lipinski definition) is 4. The first-order chi connectivity index (χ1) is 22.0. The van der Waals surface area contributed by atoms with Crippen LogP contribution in [0, 0.1) is 0 Å². The minimum atomic E-state index is -1.46. The van der Waals surface area contributed by atoms with Gasteiger partial charge in [-0.1, -0.05) is 79.0 Å². The van der Waals surface area contributed by atoms with Crippen LogP contribution < -0.4 is 15.6 Å². The third kappa shape index (κ3) is 7.82. The summed E-state index contributed by atoms with van der Waals surface area (Å²) < 4.78 is 12.3. The van der Waals surface area contributed by atoms with Crippen molar-refractivity contribution in [1.29, 1.82) is 0 Å². The van der Waals surface area contributed by atoms with Gasteiger partial charge >= 0.3 is 0 Å². The van der Waals surface area contributed by atoms with Gasteiger partial charge in [0.25, 0.3) is 5.91 Å². The number of benzene rings is 3. The highest BCUT2D eigenvalue weighted by Crippen LogP contribution is 2.43. The molecule has 11 heteroatoms. The van der Waals surface area contributed by atoms with Gasteiger partial charge in [0.05, 0.1) is 18.8 Å². The summed E-state index contributed by atoms with van der Waals surface area (Å²) in [6.07, 6.45) is 4.23. The number of hydrogen-bond acceptors (Lipinski definition) is 8. The van der Waals surface area contributed by atoms with E-state index in [0.29, 0.717) is 43.1 Å². The van der Waals surface area contributed by atoms with E-state index in [0.717, 1.165) is 36.0 Å². The SMILES string of the molecule is [N-]=[N+]=NCc1ccccc1C[C@]1(C(=O)NNCC2(O)CCCCC2)N=C(c2ccc(OCCCO)cc2)O[C@H]1c1ccccc1. The fourth-order valence-corrected chi connectivity index (χ4v) is 5.98. The van der Waals surface area contributed by atoms with Crippen LogP contribution in [0.5, 0.6) is 5.75 Å². The van der Waals surface area contributed by atoms with E-state index in [2.05, 4.69) is 20.9 Å². The van der Waals surface area contributed by atoms with E-state index < -0.39 is 23.2 Å². The Morgan fingerprint density at radius 3 is 2.44 bits per heavy atom. The van der Waals surface area contributed by atoms with E-state index >= 15 is 0 Å². The predicted molar refractivity (Wildman–Crippen MR) is 170 cm³/mol. The molecule has 3 aromatic rings. The van der Waals surface area contributed by atoms with Crippen molar-refractivity contribution in [3.8, 4) is 5.75 Å². The Balaban J connectivity index is 1.52. The Hall–Kier alpha value is -4.41. The van der Waals surface area contributed by atoms with Crippen molar-refractivity contribution in [2.75, 3.05) is 19.8 Å². The van der Waals surface area contributed by atoms with Crippen LogP contribution in [0.2, 0.25) is 0 Å². The van der Waals surface area contributed by atoms with E-state index in [9.17, 15) is 9.90 Å². The standard InChI is InChI=1S/C34H40N6O5/c35-40-36-23-28-13-6-5-12-27(28)22-34(32(42)39-37-24-33(43)18-7-2-8-19-33)30(25-10-3-1-4-11-25)45-31(38-34)26-14-16-29(17-15-26)44-21-9-20-41/h1,3-6,10-17,30,37,41,43H,2,7-9,18-24H2,(H,39,42)/t30-,34-/m0/s1. The Kier molecular flexibility index (Phi) is 10.7. The van der Waals surface area contributed by atoms with Crippen molar-refractivity contribution in [1.82, 2.24) is 10.9 Å². The molecule has 0 saturated heterocycles. The molecule has 45 heavy (non-hydrogen) atoms. The van der Waals surface area contributed by atoms with Gasteiger partial charge in [0.15, 0.2) is 11.6 Å². The van der Waals surface area contributed by atoms with Gasteiger partial charge in [-0.3, -0.25) is 10.2 Å². The van der Waals surface area contributed by atoms with Crippen LogP contribution in [-0.4, -0.2) is 52.9 Å². The normalized spacial score (nSPS) is 20.4. The first kappa shape index (κ1) is 32.0. The fraction of sp³-hybridized carbons (Fsp3) is 0.412. The first-order valence-corrected chi connectivity index (χ1v) is 15.5. The highest BCUT2D eigenvalue weighted by molar-refractivity contribution is 6.01. The average molecular weight is 613 g/mol. The van der Waals surface area contributed by atoms with Crippen molar-refractivity contribution in [3.63, 3.8) is 0 Å². The minimum Gasteiger partial charge on any atom is -0.494 e. The largest absolute Gasteiger partial charge is 0.494 e. The zero-order valence-corrected chi connectivity index (χ0v) is 25.3. The quantitative estimate of drug-likeness (QED) is 0.0653. The van der Waals surface area contributed by atoms with E-state index in [1.165, 1.54) is 0 Å². The highest BCUT2D eigenvalue weighted by Gasteiger charge is 2.53. The molecule has 0 spiro atoms. The molecule has 4 N–H and O–H groups in total. The van der Waals surface area contributed by atoms with Crippen LogP contribution in [0.25, 0.3) is 10.4 Å². The number of aliphatic hydroxyl groups excluding tert-OH is 1. The zero-order chi connectivity index (χ0) is 31.5. The van der Waals surface area contributed by atoms with Crippen LogP contribution in [0.1, 0.15) is 66.9 Å². The Labute approximate surface area is 262 Å². The molecule has 1 aliphatic carbocycles. The number of amides is 1. The Morgan fingerprint density at radius 2 is 1.73 bits per heavy atom. The number of carbonyl (C=O) groups is 1. The lowest BCUT2D eigenvalue weighted by molar-refractivity contribution is -0.130. The molecule has 0 aromatic heterocycles. The van der Waals surface area contributed by atoms with Gasteiger partial charge < -0.3 is 19.7 Å². The molecule has 0 radical (unpaired) electrons. The van der Waals surface area contributed by atoms with E-state index in [1.54, 1.807) is 12.1 Å². The summed E-state index contributed by atoms with van der Waals surface area (Å²) in [5.74, 6) is 0.541. The summed E-state index contributed by atoms with van der Waals surface area (Å²) in [5, 5.41) is 23.9. The van der Waals surface area contributed by atoms with E-state index in [1.807, 2.05) is 66.7 Å². The molecule has 1 heterocycles. The number of aliphatic imine (C=N–C) groups is 1. The van der Waals surface area contributed by atoms with Crippen molar-refractivity contribution >= 4 is 11.8 Å². The van der Waals surface area contributed by atoms with E-state index in [4.69, 9.17) is 25.1 Å². The second-order valence-corrected chi connectivity index (χ2v) is 11.6. The summed E-state index contributed by atoms with van der Waals surface area (Å²) in [5.41, 5.74) is 15.6. The van der Waals surface area contributed by atoms with Crippen LogP contribution >= 0.6 is 0 Å². The number of rotatable bonds is 14. The van der Waals surface area contributed by atoms with Gasteiger partial charge in [0.2, 0.25) is 5.90 Å². The van der Waals surface area contributed by atoms with Crippen LogP contribution in [-0.2, 0) is 22.5 Å². The first-order valence-electron chi connectivity index (χ1n) is 15.5. The molecule has 11 nitrogen and oxygen atoms in total. The third-order valence-electron chi connectivity index (χ3n) is 8.42. The molecule has 0 unspecified atom stereocenters. The molecule has 0 bridgehead atoms. The van der Waals surface area contributed by atoms with Gasteiger partial charge in [-0.25, -0.2) is 10.4 Å². The Bertz CT molecular complexity index is 1500. The van der Waals surface area contributed by atoms with Crippen molar-refractivity contribution in [2.45, 2.75) is 68.7 Å². The van der Waals surface area contributed by atoms with Crippen LogP contribution in [0.4, 0.5) is 0 Å². The molecule has 3 aromatic carbocycles. The van der Waals surface area contributed by atoms with Gasteiger partial charge in [-0.15, -0.1) is 0 Å². The summed E-state index contributed by atoms with van der Waals surface area (Å²) >= 11 is 0. The smallest absolute Gasteiger partial charge is 0.266 e. The van der Waals surface area contributed by atoms with Crippen LogP contribution in [0.3, 0.4) is 0 Å². The number of nitrogens with one attached hydrogen (secondary N) is 2. The number of hydrazine groups is 1. The number of carbonyl (C=O) groups excluding carboxylic acids is 1. The van der Waals surface area contributed by atoms with Crippen LogP contribution in [0.15, 0.2) is 89.0 Å². The lowest BCUT2D eigenvalue weighted by Crippen LogP contribution is -2.56. The third-order valence-corrected chi connectivity index (χ3v) is 8.42. The van der Waals surface area contributed by atoms with Gasteiger partial charge in [0.1, 0.15) is 5.75 Å². The number of nitrogens with zero attached hydrogens (tertiary/aromatic N) is 4. The fourth-order valence-electron chi connectivity index (χ4n) is 5.98. The number of azide groups is 1. The molecule has 1 fully saturated rings. The molecular formula is C34H40N6O5. The summed E-state index contributed by atoms with van der Waals surface area (Å²) in [7, 11) is 0. The monoisotopic (exact) mass is 612 g/mol. The van der Waals surface area contributed by atoms with Crippen molar-refractivity contribution in [2.24, 2.45) is 10.1 Å². The number of aliphatic hydroxyl groups is 2. The van der Waals surface area contributed by atoms with Gasteiger partial charge in [-0.2, -0.15) is 0 Å². The molecule has 1 amide bonds. The van der Waals surface area contributed by atoms with Crippen molar-refractivity contribution < 1.29 is 24.5 Å². The maximum Gasteiger partial charge on any atom is 0.266 e. The summed E-state index contributed by atoms with van der Waals surface area (Å²) in [6, 6.07) is 24.3. The number of ether oxygens (including phenoxy) is 2. The minimum absolute atomic E-state index is 0.0495. The molecule has 5 rings (SSSR count). The lowest BCUT2D eigenvalue weighted by atomic mass is 9.81. The topological polar surface area (TPSA) is 161 Å². The van der Waals surface area contributed by atoms with Gasteiger partial charge in [-0.05, 0) is 59.3 Å². The summed E-state index contributed by atoms with van der Waals surface area (Å²) in [4.78, 5) is 22.4. The molecule has 2 atom stereocenters. The second kappa shape index (κ2) is 15.0. The zero-order valence-electron chi connectivity index (χ0n) is 25.3. The molecule has 1 aliphatic heterocycles. The summed E-state index contributed by atoms with van der Waals surface area (Å²) in [6.45, 7) is 0.784. The Morgan fingerprint density at radius 1 is 1.02 bits per heavy atom. The average Bonchev–Trinajstić information content (AvgIpc) is 3.46. The van der Waals surface area contributed by atoms with E-state index in [-0.39, 0.29) is 26.1 Å². The lowest BCUT2D eigenvalue weighted by Gasteiger charge is -2.34. The highest BCUT2D eigenvalue weighted by atomic mass is 16.5. The molecular weight excluding hydrogens is 572 g/mol. The maximum absolute atomic E-state index is 14.4. The predicted octanol–water partition coefficient (Wildman–Crippen LogP) is 5.07. The van der Waals surface area contributed by atoms with Gasteiger partial charge in [0, 0.05) is 36.5 Å². The molecule has 2 aliphatic rings.